The predicted octanol–water partition coefficient (Wildman–Crippen LogP) is 4.43. The highest BCUT2D eigenvalue weighted by atomic mass is 35.5. The number of halogens is 1. The molecule has 0 saturated carbocycles. The molecule has 0 aromatic heterocycles. The van der Waals surface area contributed by atoms with Gasteiger partial charge in [-0.2, -0.15) is 0 Å². The molecule has 0 amide bonds. The second kappa shape index (κ2) is 9.24. The fourth-order valence-electron chi connectivity index (χ4n) is 3.81. The largest absolute Gasteiger partial charge is 0.497 e. The summed E-state index contributed by atoms with van der Waals surface area (Å²) in [5.74, 6) is 0.352. The predicted molar refractivity (Wildman–Crippen MR) is 130 cm³/mol. The number of methoxy groups -OCH3 is 1. The second-order valence-corrected chi connectivity index (χ2v) is 11.7. The minimum atomic E-state index is -3.77. The van der Waals surface area contributed by atoms with Gasteiger partial charge < -0.3 is 4.74 Å². The van der Waals surface area contributed by atoms with Crippen molar-refractivity contribution in [3.8, 4) is 5.75 Å². The number of hydrogen-bond acceptors (Lipinski definition) is 5. The molecule has 0 fully saturated rings. The highest BCUT2D eigenvalue weighted by Gasteiger charge is 2.29. The van der Waals surface area contributed by atoms with Crippen LogP contribution in [-0.2, 0) is 32.2 Å². The Hall–Kier alpha value is -2.75. The number of benzene rings is 3. The summed E-state index contributed by atoms with van der Waals surface area (Å²) in [4.78, 5) is 0.169. The summed E-state index contributed by atoms with van der Waals surface area (Å²) in [7, 11) is -5.92. The Labute approximate surface area is 199 Å². The van der Waals surface area contributed by atoms with Gasteiger partial charge in [0.1, 0.15) is 5.75 Å². The van der Waals surface area contributed by atoms with Crippen LogP contribution in [0, 0.1) is 0 Å². The van der Waals surface area contributed by atoms with Crippen molar-refractivity contribution in [1.29, 1.82) is 0 Å². The van der Waals surface area contributed by atoms with Crippen molar-refractivity contribution < 1.29 is 21.6 Å². The molecule has 10 heteroatoms. The van der Waals surface area contributed by atoms with Crippen LogP contribution in [0.3, 0.4) is 0 Å². The maximum atomic E-state index is 13.3. The Morgan fingerprint density at radius 1 is 1.00 bits per heavy atom. The number of fused-ring (bicyclic) bond motifs is 1. The molecule has 3 aromatic carbocycles. The first-order valence-corrected chi connectivity index (χ1v) is 13.7. The quantitative estimate of drug-likeness (QED) is 0.511. The summed E-state index contributed by atoms with van der Waals surface area (Å²) in [6.07, 6.45) is 1.27. The second-order valence-electron chi connectivity index (χ2n) is 7.69. The first-order valence-electron chi connectivity index (χ1n) is 10.2. The molecule has 0 bridgehead atoms. The Kier molecular flexibility index (Phi) is 6.56. The van der Waals surface area contributed by atoms with E-state index in [2.05, 4.69) is 4.72 Å². The monoisotopic (exact) mass is 506 g/mol. The average molecular weight is 507 g/mol. The average Bonchev–Trinajstić information content (AvgIpc) is 2.78. The Morgan fingerprint density at radius 3 is 2.45 bits per heavy atom. The van der Waals surface area contributed by atoms with Crippen LogP contribution in [0.2, 0.25) is 5.02 Å². The maximum absolute atomic E-state index is 13.3. The summed E-state index contributed by atoms with van der Waals surface area (Å²) in [6, 6.07) is 17.8. The van der Waals surface area contributed by atoms with Crippen molar-refractivity contribution in [1.82, 2.24) is 0 Å². The lowest BCUT2D eigenvalue weighted by molar-refractivity contribution is 0.414. The number of rotatable bonds is 7. The van der Waals surface area contributed by atoms with Gasteiger partial charge >= 0.3 is 0 Å². The van der Waals surface area contributed by atoms with Crippen molar-refractivity contribution in [2.24, 2.45) is 0 Å². The summed E-state index contributed by atoms with van der Waals surface area (Å²) in [5.41, 5.74) is 2.28. The van der Waals surface area contributed by atoms with Crippen LogP contribution in [0.15, 0.2) is 71.6 Å². The maximum Gasteiger partial charge on any atom is 0.264 e. The summed E-state index contributed by atoms with van der Waals surface area (Å²) in [5, 5.41) is 0.467. The molecule has 0 saturated heterocycles. The number of aryl methyl sites for hydroxylation is 1. The minimum Gasteiger partial charge on any atom is -0.497 e. The Morgan fingerprint density at radius 2 is 1.76 bits per heavy atom. The van der Waals surface area contributed by atoms with Crippen molar-refractivity contribution in [3.63, 3.8) is 0 Å². The molecule has 174 valence electrons. The SMILES string of the molecule is COc1ccc(S(=O)(=O)N2CCCc3cc(NS(=O)(=O)Cc4cccc(Cl)c4)ccc32)cc1. The molecule has 7 nitrogen and oxygen atoms in total. The summed E-state index contributed by atoms with van der Waals surface area (Å²) < 4.78 is 60.9. The molecule has 3 aromatic rings. The van der Waals surface area contributed by atoms with E-state index in [4.69, 9.17) is 16.3 Å². The van der Waals surface area contributed by atoms with Crippen molar-refractivity contribution in [2.75, 3.05) is 22.7 Å². The van der Waals surface area contributed by atoms with E-state index in [1.165, 1.54) is 23.5 Å². The van der Waals surface area contributed by atoms with Gasteiger partial charge in [-0.3, -0.25) is 9.03 Å². The van der Waals surface area contributed by atoms with Gasteiger partial charge in [-0.15, -0.1) is 0 Å². The molecule has 1 heterocycles. The molecule has 1 aliphatic heterocycles. The molecule has 0 atom stereocenters. The standard InChI is InChI=1S/C23H23ClN2O5S2/c1-31-21-8-10-22(11-9-21)33(29,30)26-13-3-5-18-15-20(7-12-23(18)26)25-32(27,28)16-17-4-2-6-19(24)14-17/h2,4,6-12,14-15,25H,3,5,13,16H2,1H3. The van der Waals surface area contributed by atoms with Crippen LogP contribution < -0.4 is 13.8 Å². The third-order valence-electron chi connectivity index (χ3n) is 5.32. The van der Waals surface area contributed by atoms with E-state index in [-0.39, 0.29) is 10.6 Å². The van der Waals surface area contributed by atoms with Gasteiger partial charge in [-0.25, -0.2) is 16.8 Å². The van der Waals surface area contributed by atoms with Crippen LogP contribution in [0.1, 0.15) is 17.5 Å². The number of anilines is 2. The Balaban J connectivity index is 1.58. The van der Waals surface area contributed by atoms with Gasteiger partial charge in [-0.05, 0) is 78.6 Å². The third kappa shape index (κ3) is 5.26. The number of nitrogens with one attached hydrogen (secondary N) is 1. The van der Waals surface area contributed by atoms with E-state index in [0.717, 1.165) is 5.56 Å². The van der Waals surface area contributed by atoms with E-state index < -0.39 is 20.0 Å². The molecule has 1 N–H and O–H groups in total. The number of nitrogens with zero attached hydrogens (tertiary/aromatic N) is 1. The van der Waals surface area contributed by atoms with E-state index >= 15 is 0 Å². The fourth-order valence-corrected chi connectivity index (χ4v) is 6.74. The van der Waals surface area contributed by atoms with Crippen molar-refractivity contribution >= 4 is 43.0 Å². The van der Waals surface area contributed by atoms with Crippen molar-refractivity contribution in [2.45, 2.75) is 23.5 Å². The van der Waals surface area contributed by atoms with Crippen LogP contribution in [0.25, 0.3) is 0 Å². The zero-order chi connectivity index (χ0) is 23.6. The molecule has 0 spiro atoms. The molecule has 4 rings (SSSR count). The zero-order valence-electron chi connectivity index (χ0n) is 17.9. The van der Waals surface area contributed by atoms with E-state index in [1.807, 2.05) is 0 Å². The molecule has 1 aliphatic rings. The van der Waals surface area contributed by atoms with Crippen LogP contribution in [-0.4, -0.2) is 30.5 Å². The molecule has 0 radical (unpaired) electrons. The summed E-state index contributed by atoms with van der Waals surface area (Å²) in [6.45, 7) is 0.348. The topological polar surface area (TPSA) is 92.8 Å². The van der Waals surface area contributed by atoms with Gasteiger partial charge in [0.15, 0.2) is 0 Å². The summed E-state index contributed by atoms with van der Waals surface area (Å²) >= 11 is 5.95. The van der Waals surface area contributed by atoms with Crippen LogP contribution >= 0.6 is 11.6 Å². The lowest BCUT2D eigenvalue weighted by Crippen LogP contribution is -2.35. The lowest BCUT2D eigenvalue weighted by Gasteiger charge is -2.31. The number of ether oxygens (including phenoxy) is 1. The van der Waals surface area contributed by atoms with Gasteiger partial charge in [0.05, 0.1) is 23.4 Å². The number of hydrogen-bond donors (Lipinski definition) is 1. The zero-order valence-corrected chi connectivity index (χ0v) is 20.3. The lowest BCUT2D eigenvalue weighted by atomic mass is 10.0. The Bertz CT molecular complexity index is 1370. The first-order chi connectivity index (χ1) is 15.7. The van der Waals surface area contributed by atoms with Crippen molar-refractivity contribution in [3.05, 3.63) is 82.9 Å². The smallest absolute Gasteiger partial charge is 0.264 e. The fraction of sp³-hybridized carbons (Fsp3) is 0.217. The molecular formula is C23H23ClN2O5S2. The van der Waals surface area contributed by atoms with E-state index in [9.17, 15) is 16.8 Å². The van der Waals surface area contributed by atoms with E-state index in [0.29, 0.717) is 47.1 Å². The van der Waals surface area contributed by atoms with E-state index in [1.54, 1.807) is 54.6 Å². The van der Waals surface area contributed by atoms with Gasteiger partial charge in [0, 0.05) is 17.3 Å². The minimum absolute atomic E-state index is 0.169. The van der Waals surface area contributed by atoms with Gasteiger partial charge in [-0.1, -0.05) is 23.7 Å². The highest BCUT2D eigenvalue weighted by molar-refractivity contribution is 7.93. The third-order valence-corrected chi connectivity index (χ3v) is 8.64. The van der Waals surface area contributed by atoms with Gasteiger partial charge in [0.2, 0.25) is 10.0 Å². The van der Waals surface area contributed by atoms with Gasteiger partial charge in [0.25, 0.3) is 10.0 Å². The molecule has 33 heavy (non-hydrogen) atoms. The van der Waals surface area contributed by atoms with Crippen LogP contribution in [0.4, 0.5) is 11.4 Å². The molecular weight excluding hydrogens is 484 g/mol. The first kappa shape index (κ1) is 23.4. The molecule has 0 unspecified atom stereocenters. The van der Waals surface area contributed by atoms with Crippen LogP contribution in [0.5, 0.6) is 5.75 Å². The normalized spacial score (nSPS) is 13.9. The molecule has 0 aliphatic carbocycles. The highest BCUT2D eigenvalue weighted by Crippen LogP contribution is 2.34. The number of sulfonamides is 2.